The summed E-state index contributed by atoms with van der Waals surface area (Å²) in [6, 6.07) is 6.10. The van der Waals surface area contributed by atoms with Gasteiger partial charge >= 0.3 is 0 Å². The first kappa shape index (κ1) is 9.60. The molecule has 0 saturated heterocycles. The fraction of sp³-hybridized carbons (Fsp3) is 0.250. The Morgan fingerprint density at radius 3 is 2.67 bits per heavy atom. The molecular formula is C12H12N2O. The SMILES string of the molecule is COc1ccc(C)c2c(C#N)c(C)[nH]c12. The van der Waals surface area contributed by atoms with Crippen LogP contribution in [0.4, 0.5) is 0 Å². The van der Waals surface area contributed by atoms with Gasteiger partial charge in [-0.05, 0) is 25.5 Å². The van der Waals surface area contributed by atoms with E-state index in [4.69, 9.17) is 10.00 Å². The lowest BCUT2D eigenvalue weighted by atomic mass is 10.1. The summed E-state index contributed by atoms with van der Waals surface area (Å²) >= 11 is 0. The molecule has 0 unspecified atom stereocenters. The number of nitriles is 1. The largest absolute Gasteiger partial charge is 0.495 e. The Labute approximate surface area is 88.3 Å². The average molecular weight is 200 g/mol. The molecule has 0 aliphatic rings. The van der Waals surface area contributed by atoms with E-state index in [1.54, 1.807) is 7.11 Å². The maximum absolute atomic E-state index is 9.08. The lowest BCUT2D eigenvalue weighted by Crippen LogP contribution is -1.85. The Kier molecular flexibility index (Phi) is 2.12. The monoisotopic (exact) mass is 200 g/mol. The van der Waals surface area contributed by atoms with Crippen LogP contribution in [0.15, 0.2) is 12.1 Å². The summed E-state index contributed by atoms with van der Waals surface area (Å²) in [6.45, 7) is 3.90. The van der Waals surface area contributed by atoms with Crippen molar-refractivity contribution in [1.82, 2.24) is 4.98 Å². The molecule has 15 heavy (non-hydrogen) atoms. The molecule has 1 heterocycles. The highest BCUT2D eigenvalue weighted by molar-refractivity contribution is 5.94. The van der Waals surface area contributed by atoms with Gasteiger partial charge in [0.05, 0.1) is 18.2 Å². The van der Waals surface area contributed by atoms with Gasteiger partial charge in [-0.3, -0.25) is 0 Å². The number of nitrogens with zero attached hydrogens (tertiary/aromatic N) is 1. The molecule has 0 aliphatic carbocycles. The molecule has 0 aliphatic heterocycles. The summed E-state index contributed by atoms with van der Waals surface area (Å²) in [6.07, 6.45) is 0. The van der Waals surface area contributed by atoms with Crippen molar-refractivity contribution >= 4 is 10.9 Å². The van der Waals surface area contributed by atoms with Gasteiger partial charge in [0.25, 0.3) is 0 Å². The Hall–Kier alpha value is -1.95. The third-order valence-corrected chi connectivity index (χ3v) is 2.64. The molecule has 0 saturated carbocycles. The molecule has 1 N–H and O–H groups in total. The van der Waals surface area contributed by atoms with E-state index in [-0.39, 0.29) is 0 Å². The quantitative estimate of drug-likeness (QED) is 0.769. The molecule has 0 radical (unpaired) electrons. The van der Waals surface area contributed by atoms with Crippen molar-refractivity contribution in [2.24, 2.45) is 0 Å². The second-order valence-corrected chi connectivity index (χ2v) is 3.57. The molecular weight excluding hydrogens is 188 g/mol. The summed E-state index contributed by atoms with van der Waals surface area (Å²) in [7, 11) is 1.63. The van der Waals surface area contributed by atoms with E-state index in [9.17, 15) is 0 Å². The van der Waals surface area contributed by atoms with Crippen LogP contribution in [0, 0.1) is 25.2 Å². The molecule has 2 rings (SSSR count). The van der Waals surface area contributed by atoms with Crippen molar-refractivity contribution in [3.63, 3.8) is 0 Å². The van der Waals surface area contributed by atoms with Gasteiger partial charge in [0.2, 0.25) is 0 Å². The summed E-state index contributed by atoms with van der Waals surface area (Å²) in [5.41, 5.74) is 3.60. The van der Waals surface area contributed by atoms with Crippen LogP contribution >= 0.6 is 0 Å². The smallest absolute Gasteiger partial charge is 0.142 e. The molecule has 0 spiro atoms. The third-order valence-electron chi connectivity index (χ3n) is 2.64. The average Bonchev–Trinajstić information content (AvgIpc) is 2.56. The molecule has 1 aromatic heterocycles. The molecule has 3 nitrogen and oxygen atoms in total. The number of hydrogen-bond donors (Lipinski definition) is 1. The Bertz CT molecular complexity index is 561. The fourth-order valence-electron chi connectivity index (χ4n) is 1.88. The van der Waals surface area contributed by atoms with Crippen LogP contribution in [0.5, 0.6) is 5.75 Å². The standard InChI is InChI=1S/C12H12N2O/c1-7-4-5-10(15-3)12-11(7)9(6-13)8(2)14-12/h4-5,14H,1-3H3. The molecule has 2 aromatic rings. The van der Waals surface area contributed by atoms with Crippen molar-refractivity contribution in [1.29, 1.82) is 5.26 Å². The van der Waals surface area contributed by atoms with Crippen molar-refractivity contribution in [2.45, 2.75) is 13.8 Å². The summed E-state index contributed by atoms with van der Waals surface area (Å²) in [4.78, 5) is 3.19. The van der Waals surface area contributed by atoms with E-state index in [2.05, 4.69) is 11.1 Å². The number of nitrogens with one attached hydrogen (secondary N) is 1. The predicted molar refractivity (Wildman–Crippen MR) is 59.0 cm³/mol. The lowest BCUT2D eigenvalue weighted by Gasteiger charge is -2.03. The second kappa shape index (κ2) is 3.32. The number of benzene rings is 1. The van der Waals surface area contributed by atoms with Gasteiger partial charge in [-0.2, -0.15) is 5.26 Å². The number of aromatic nitrogens is 1. The van der Waals surface area contributed by atoms with Crippen molar-refractivity contribution < 1.29 is 4.74 Å². The van der Waals surface area contributed by atoms with Crippen LogP contribution in [0.25, 0.3) is 10.9 Å². The summed E-state index contributed by atoms with van der Waals surface area (Å²) in [5, 5.41) is 10.0. The molecule has 0 amide bonds. The third kappa shape index (κ3) is 1.26. The van der Waals surface area contributed by atoms with Crippen molar-refractivity contribution in [3.05, 3.63) is 29.0 Å². The summed E-state index contributed by atoms with van der Waals surface area (Å²) < 4.78 is 5.25. The first-order valence-electron chi connectivity index (χ1n) is 4.75. The molecule has 3 heteroatoms. The molecule has 0 bridgehead atoms. The second-order valence-electron chi connectivity index (χ2n) is 3.57. The van der Waals surface area contributed by atoms with Gasteiger partial charge in [-0.1, -0.05) is 6.07 Å². The lowest BCUT2D eigenvalue weighted by molar-refractivity contribution is 0.419. The van der Waals surface area contributed by atoms with Crippen LogP contribution in [0.1, 0.15) is 16.8 Å². The fourth-order valence-corrected chi connectivity index (χ4v) is 1.88. The van der Waals surface area contributed by atoms with Gasteiger partial charge < -0.3 is 9.72 Å². The highest BCUT2D eigenvalue weighted by atomic mass is 16.5. The van der Waals surface area contributed by atoms with E-state index in [1.807, 2.05) is 26.0 Å². The van der Waals surface area contributed by atoms with E-state index in [0.717, 1.165) is 27.9 Å². The first-order chi connectivity index (χ1) is 7.19. The summed E-state index contributed by atoms with van der Waals surface area (Å²) in [5.74, 6) is 0.778. The highest BCUT2D eigenvalue weighted by Crippen LogP contribution is 2.31. The normalized spacial score (nSPS) is 10.3. The molecule has 76 valence electrons. The van der Waals surface area contributed by atoms with Gasteiger partial charge in [0.15, 0.2) is 0 Å². The Morgan fingerprint density at radius 1 is 1.33 bits per heavy atom. The maximum atomic E-state index is 9.08. The van der Waals surface area contributed by atoms with Gasteiger partial charge in [0, 0.05) is 11.1 Å². The molecule has 0 atom stereocenters. The van der Waals surface area contributed by atoms with Gasteiger partial charge in [-0.25, -0.2) is 0 Å². The number of fused-ring (bicyclic) bond motifs is 1. The minimum absolute atomic E-state index is 0.710. The highest BCUT2D eigenvalue weighted by Gasteiger charge is 2.13. The topological polar surface area (TPSA) is 48.8 Å². The zero-order chi connectivity index (χ0) is 11.0. The maximum Gasteiger partial charge on any atom is 0.142 e. The van der Waals surface area contributed by atoms with Crippen molar-refractivity contribution in [3.8, 4) is 11.8 Å². The van der Waals surface area contributed by atoms with E-state index in [1.165, 1.54) is 0 Å². The zero-order valence-corrected chi connectivity index (χ0v) is 9.01. The predicted octanol–water partition coefficient (Wildman–Crippen LogP) is 2.67. The van der Waals surface area contributed by atoms with E-state index >= 15 is 0 Å². The van der Waals surface area contributed by atoms with Crippen LogP contribution in [-0.4, -0.2) is 12.1 Å². The molecule has 0 fully saturated rings. The van der Waals surface area contributed by atoms with Gasteiger partial charge in [-0.15, -0.1) is 0 Å². The van der Waals surface area contributed by atoms with Crippen LogP contribution in [-0.2, 0) is 0 Å². The zero-order valence-electron chi connectivity index (χ0n) is 9.01. The van der Waals surface area contributed by atoms with E-state index in [0.29, 0.717) is 5.56 Å². The van der Waals surface area contributed by atoms with Crippen LogP contribution in [0.3, 0.4) is 0 Å². The first-order valence-corrected chi connectivity index (χ1v) is 4.75. The Balaban J connectivity index is 2.95. The van der Waals surface area contributed by atoms with Crippen LogP contribution < -0.4 is 4.74 Å². The number of hydrogen-bond acceptors (Lipinski definition) is 2. The minimum atomic E-state index is 0.710. The number of aromatic amines is 1. The van der Waals surface area contributed by atoms with Crippen molar-refractivity contribution in [2.75, 3.05) is 7.11 Å². The number of methoxy groups -OCH3 is 1. The van der Waals surface area contributed by atoms with Gasteiger partial charge in [0.1, 0.15) is 11.8 Å². The number of ether oxygens (including phenoxy) is 1. The van der Waals surface area contributed by atoms with E-state index < -0.39 is 0 Å². The minimum Gasteiger partial charge on any atom is -0.495 e. The van der Waals surface area contributed by atoms with Crippen LogP contribution in [0.2, 0.25) is 0 Å². The number of H-pyrrole nitrogens is 1. The Morgan fingerprint density at radius 2 is 2.07 bits per heavy atom. The molecule has 1 aromatic carbocycles. The number of aryl methyl sites for hydroxylation is 2. The number of rotatable bonds is 1.